The van der Waals surface area contributed by atoms with Gasteiger partial charge in [-0.15, -0.1) is 0 Å². The molecular formula is C13H24N4O2. The number of carbonyl (C=O) groups is 1. The maximum absolute atomic E-state index is 12.7. The minimum atomic E-state index is -0.749. The van der Waals surface area contributed by atoms with E-state index in [-0.39, 0.29) is 17.3 Å². The van der Waals surface area contributed by atoms with Crippen molar-refractivity contribution in [3.8, 4) is 0 Å². The number of carbonyl (C=O) groups excluding carboxylic acids is 1. The summed E-state index contributed by atoms with van der Waals surface area (Å²) in [5.41, 5.74) is 4.97. The van der Waals surface area contributed by atoms with Crippen LogP contribution in [0.4, 0.5) is 0 Å². The van der Waals surface area contributed by atoms with Crippen molar-refractivity contribution < 1.29 is 10.0 Å². The molecule has 0 aromatic carbocycles. The lowest BCUT2D eigenvalue weighted by Gasteiger charge is -2.49. The van der Waals surface area contributed by atoms with Crippen molar-refractivity contribution >= 4 is 11.7 Å². The van der Waals surface area contributed by atoms with Crippen LogP contribution in [0.25, 0.3) is 0 Å². The largest absolute Gasteiger partial charge is 0.409 e. The zero-order chi connectivity index (χ0) is 14.3. The van der Waals surface area contributed by atoms with Crippen LogP contribution in [-0.2, 0) is 4.79 Å². The fraction of sp³-hybridized carbons (Fsp3) is 0.846. The highest BCUT2D eigenvalue weighted by molar-refractivity contribution is 6.07. The van der Waals surface area contributed by atoms with Gasteiger partial charge in [0.15, 0.2) is 5.84 Å². The first-order chi connectivity index (χ1) is 8.83. The third kappa shape index (κ3) is 2.18. The molecule has 2 rings (SSSR count). The van der Waals surface area contributed by atoms with Crippen LogP contribution in [0.3, 0.4) is 0 Å². The minimum absolute atomic E-state index is 0.0234. The van der Waals surface area contributed by atoms with Crippen LogP contribution < -0.4 is 5.73 Å². The van der Waals surface area contributed by atoms with Crippen molar-refractivity contribution in [3.63, 3.8) is 0 Å². The van der Waals surface area contributed by atoms with Gasteiger partial charge in [-0.25, -0.2) is 0 Å². The van der Waals surface area contributed by atoms with Crippen LogP contribution in [0.2, 0.25) is 0 Å². The molecule has 2 fully saturated rings. The number of amidine groups is 1. The molecule has 108 valence electrons. The van der Waals surface area contributed by atoms with Gasteiger partial charge in [-0.1, -0.05) is 11.6 Å². The molecule has 6 heteroatoms. The number of rotatable bonds is 2. The number of hydrogen-bond acceptors (Lipinski definition) is 4. The van der Waals surface area contributed by atoms with E-state index in [0.717, 1.165) is 13.0 Å². The molecule has 1 aliphatic carbocycles. The van der Waals surface area contributed by atoms with E-state index in [4.69, 9.17) is 10.9 Å². The van der Waals surface area contributed by atoms with Crippen molar-refractivity contribution in [3.05, 3.63) is 0 Å². The summed E-state index contributed by atoms with van der Waals surface area (Å²) >= 11 is 0. The van der Waals surface area contributed by atoms with Gasteiger partial charge in [0.25, 0.3) is 0 Å². The second-order valence-corrected chi connectivity index (χ2v) is 6.38. The molecule has 3 N–H and O–H groups in total. The van der Waals surface area contributed by atoms with Gasteiger partial charge in [-0.2, -0.15) is 0 Å². The third-order valence-electron chi connectivity index (χ3n) is 4.82. The summed E-state index contributed by atoms with van der Waals surface area (Å²) < 4.78 is 0. The normalized spacial score (nSPS) is 26.9. The molecule has 1 saturated carbocycles. The molecule has 1 aliphatic heterocycles. The Bertz CT molecular complexity index is 401. The Balaban J connectivity index is 2.16. The van der Waals surface area contributed by atoms with Crippen LogP contribution in [-0.4, -0.2) is 59.0 Å². The van der Waals surface area contributed by atoms with Gasteiger partial charge < -0.3 is 15.8 Å². The van der Waals surface area contributed by atoms with Crippen LogP contribution in [0.15, 0.2) is 5.16 Å². The molecule has 0 atom stereocenters. The third-order valence-corrected chi connectivity index (χ3v) is 4.82. The Hall–Kier alpha value is -1.30. The second-order valence-electron chi connectivity index (χ2n) is 6.38. The molecule has 0 radical (unpaired) electrons. The number of amides is 1. The summed E-state index contributed by atoms with van der Waals surface area (Å²) in [5, 5.41) is 12.0. The Labute approximate surface area is 114 Å². The molecular weight excluding hydrogens is 244 g/mol. The van der Waals surface area contributed by atoms with E-state index in [1.165, 1.54) is 0 Å². The van der Waals surface area contributed by atoms with E-state index in [2.05, 4.69) is 31.0 Å². The van der Waals surface area contributed by atoms with E-state index in [1.807, 2.05) is 4.90 Å². The van der Waals surface area contributed by atoms with Crippen molar-refractivity contribution in [1.29, 1.82) is 0 Å². The Morgan fingerprint density at radius 1 is 1.32 bits per heavy atom. The summed E-state index contributed by atoms with van der Waals surface area (Å²) in [4.78, 5) is 16.9. The molecule has 6 nitrogen and oxygen atoms in total. The number of piperazine rings is 1. The molecule has 0 bridgehead atoms. The molecule has 1 amide bonds. The van der Waals surface area contributed by atoms with Crippen molar-refractivity contribution in [2.45, 2.75) is 38.6 Å². The fourth-order valence-corrected chi connectivity index (χ4v) is 2.92. The summed E-state index contributed by atoms with van der Waals surface area (Å²) in [7, 11) is 2.07. The van der Waals surface area contributed by atoms with E-state index < -0.39 is 5.41 Å². The highest BCUT2D eigenvalue weighted by Crippen LogP contribution is 2.43. The number of oxime groups is 1. The Morgan fingerprint density at radius 2 is 1.95 bits per heavy atom. The fourth-order valence-electron chi connectivity index (χ4n) is 2.92. The van der Waals surface area contributed by atoms with E-state index in [1.54, 1.807) is 0 Å². The van der Waals surface area contributed by atoms with Gasteiger partial charge in [0.05, 0.1) is 0 Å². The van der Waals surface area contributed by atoms with Crippen molar-refractivity contribution in [2.75, 3.05) is 26.7 Å². The first-order valence-corrected chi connectivity index (χ1v) is 6.82. The first-order valence-electron chi connectivity index (χ1n) is 6.82. The minimum Gasteiger partial charge on any atom is -0.409 e. The van der Waals surface area contributed by atoms with Crippen LogP contribution in [0.5, 0.6) is 0 Å². The van der Waals surface area contributed by atoms with Crippen LogP contribution in [0.1, 0.15) is 33.1 Å². The SMILES string of the molecule is CN1CCN(C(=O)C2(C(N)=NO)CCC2)CC1(C)C. The van der Waals surface area contributed by atoms with Crippen LogP contribution >= 0.6 is 0 Å². The highest BCUT2D eigenvalue weighted by atomic mass is 16.4. The molecule has 0 aromatic rings. The number of hydrogen-bond donors (Lipinski definition) is 2. The molecule has 0 unspecified atom stereocenters. The van der Waals surface area contributed by atoms with Crippen LogP contribution in [0, 0.1) is 5.41 Å². The molecule has 1 heterocycles. The maximum atomic E-state index is 12.7. The zero-order valence-electron chi connectivity index (χ0n) is 12.0. The average molecular weight is 268 g/mol. The van der Waals surface area contributed by atoms with E-state index in [0.29, 0.717) is 25.9 Å². The van der Waals surface area contributed by atoms with Gasteiger partial charge >= 0.3 is 0 Å². The Kier molecular flexibility index (Phi) is 3.47. The molecule has 0 aromatic heterocycles. The molecule has 19 heavy (non-hydrogen) atoms. The number of likely N-dealkylation sites (N-methyl/N-ethyl adjacent to an activating group) is 1. The Morgan fingerprint density at radius 3 is 2.37 bits per heavy atom. The van der Waals surface area contributed by atoms with Gasteiger partial charge in [-0.05, 0) is 33.7 Å². The lowest BCUT2D eigenvalue weighted by atomic mass is 9.66. The highest BCUT2D eigenvalue weighted by Gasteiger charge is 2.51. The maximum Gasteiger partial charge on any atom is 0.236 e. The first kappa shape index (κ1) is 14.1. The predicted octanol–water partition coefficient (Wildman–Crippen LogP) is 0.456. The predicted molar refractivity (Wildman–Crippen MR) is 73.0 cm³/mol. The second kappa shape index (κ2) is 4.67. The van der Waals surface area contributed by atoms with Crippen molar-refractivity contribution in [2.24, 2.45) is 16.3 Å². The molecule has 1 saturated heterocycles. The summed E-state index contributed by atoms with van der Waals surface area (Å²) in [6.07, 6.45) is 2.34. The van der Waals surface area contributed by atoms with Gasteiger partial charge in [0, 0.05) is 25.2 Å². The van der Waals surface area contributed by atoms with E-state index >= 15 is 0 Å². The molecule has 0 spiro atoms. The van der Waals surface area contributed by atoms with E-state index in [9.17, 15) is 4.79 Å². The topological polar surface area (TPSA) is 82.2 Å². The lowest BCUT2D eigenvalue weighted by Crippen LogP contribution is -2.63. The summed E-state index contributed by atoms with van der Waals surface area (Å²) in [6.45, 7) is 6.50. The standard InChI is InChI=1S/C13H24N4O2/c1-12(2)9-17(8-7-16(12)3)11(18)13(5-4-6-13)10(14)15-19/h19H,4-9H2,1-3H3,(H2,14,15). The van der Waals surface area contributed by atoms with Crippen molar-refractivity contribution in [1.82, 2.24) is 9.80 Å². The monoisotopic (exact) mass is 268 g/mol. The zero-order valence-corrected chi connectivity index (χ0v) is 12.0. The summed E-state index contributed by atoms with van der Waals surface area (Å²) in [6, 6.07) is 0. The number of nitrogens with two attached hydrogens (primary N) is 1. The van der Waals surface area contributed by atoms with Gasteiger partial charge in [0.1, 0.15) is 5.41 Å². The quantitative estimate of drug-likeness (QED) is 0.330. The average Bonchev–Trinajstić information content (AvgIpc) is 2.30. The van der Waals surface area contributed by atoms with Gasteiger partial charge in [-0.3, -0.25) is 9.69 Å². The number of nitrogens with zero attached hydrogens (tertiary/aromatic N) is 3. The van der Waals surface area contributed by atoms with Gasteiger partial charge in [0.2, 0.25) is 5.91 Å². The summed E-state index contributed by atoms with van der Waals surface area (Å²) in [5.74, 6) is 0.0932. The molecule has 2 aliphatic rings. The smallest absolute Gasteiger partial charge is 0.236 e. The lowest BCUT2D eigenvalue weighted by molar-refractivity contribution is -0.146.